The highest BCUT2D eigenvalue weighted by Gasteiger charge is 2.76. The van der Waals surface area contributed by atoms with Crippen LogP contribution in [0.5, 0.6) is 0 Å². The van der Waals surface area contributed by atoms with E-state index in [1.54, 1.807) is 57.8 Å². The van der Waals surface area contributed by atoms with E-state index in [0.29, 0.717) is 36.8 Å². The summed E-state index contributed by atoms with van der Waals surface area (Å²) >= 11 is 7.82. The molecule has 2 bridgehead atoms. The fraction of sp³-hybridized carbons (Fsp3) is 0.567. The second-order valence-corrected chi connectivity index (χ2v) is 12.9. The van der Waals surface area contributed by atoms with Crippen LogP contribution >= 0.6 is 23.4 Å². The van der Waals surface area contributed by atoms with Gasteiger partial charge < -0.3 is 19.8 Å². The second-order valence-electron chi connectivity index (χ2n) is 10.9. The number of nitrogens with zero attached hydrogens (tertiary/aromatic N) is 3. The number of fused-ring (bicyclic) bond motifs is 1. The van der Waals surface area contributed by atoms with E-state index in [2.05, 4.69) is 20.1 Å². The van der Waals surface area contributed by atoms with Gasteiger partial charge in [0.15, 0.2) is 0 Å². The van der Waals surface area contributed by atoms with E-state index in [9.17, 15) is 14.4 Å². The molecule has 3 amide bonds. The Hall–Kier alpha value is -2.29. The minimum absolute atomic E-state index is 0.000828. The lowest BCUT2D eigenvalue weighted by atomic mass is 9.65. The molecule has 3 unspecified atom stereocenters. The van der Waals surface area contributed by atoms with Crippen LogP contribution < -0.4 is 4.90 Å². The summed E-state index contributed by atoms with van der Waals surface area (Å²) in [7, 11) is 1.75. The lowest BCUT2D eigenvalue weighted by Crippen LogP contribution is -2.57. The SMILES string of the molecule is C=CCN(C)C(=O)[C@@H]1[C@H]2C(=O)N(CCCCCCO)C(C(=O)N(CC=C)c3ccc(Cl)cc3)C23S[C@@H]1CC3C. The van der Waals surface area contributed by atoms with Gasteiger partial charge in [0.25, 0.3) is 5.91 Å². The van der Waals surface area contributed by atoms with Gasteiger partial charge in [-0.1, -0.05) is 43.5 Å². The number of thioether (sulfide) groups is 1. The Morgan fingerprint density at radius 1 is 1.13 bits per heavy atom. The molecule has 6 atom stereocenters. The first-order valence-electron chi connectivity index (χ1n) is 13.9. The molecular formula is C30H40ClN3O4S. The molecule has 4 rings (SSSR count). The first kappa shape index (κ1) is 29.7. The summed E-state index contributed by atoms with van der Waals surface area (Å²) in [6, 6.07) is 6.45. The van der Waals surface area contributed by atoms with Crippen LogP contribution in [0.1, 0.15) is 39.0 Å². The molecule has 39 heavy (non-hydrogen) atoms. The largest absolute Gasteiger partial charge is 0.396 e. The molecule has 7 nitrogen and oxygen atoms in total. The molecule has 3 fully saturated rings. The summed E-state index contributed by atoms with van der Waals surface area (Å²) in [6.07, 6.45) is 7.34. The van der Waals surface area contributed by atoms with Crippen LogP contribution in [0.25, 0.3) is 0 Å². The molecule has 1 spiro atoms. The molecule has 3 aliphatic rings. The zero-order valence-corrected chi connectivity index (χ0v) is 24.5. The van der Waals surface area contributed by atoms with Gasteiger partial charge in [0, 0.05) is 49.2 Å². The van der Waals surface area contributed by atoms with Crippen LogP contribution in [-0.4, -0.2) is 82.0 Å². The van der Waals surface area contributed by atoms with E-state index >= 15 is 0 Å². The minimum atomic E-state index is -0.684. The number of likely N-dealkylation sites (N-methyl/N-ethyl adjacent to an activating group) is 1. The Kier molecular flexibility index (Phi) is 9.50. The van der Waals surface area contributed by atoms with Gasteiger partial charge in [-0.2, -0.15) is 0 Å². The number of halogens is 1. The molecule has 3 heterocycles. The normalized spacial score (nSPS) is 28.9. The third-order valence-electron chi connectivity index (χ3n) is 8.57. The predicted molar refractivity (Wildman–Crippen MR) is 158 cm³/mol. The summed E-state index contributed by atoms with van der Waals surface area (Å²) in [5.74, 6) is -1.18. The maximum Gasteiger partial charge on any atom is 0.251 e. The van der Waals surface area contributed by atoms with Gasteiger partial charge in [0.2, 0.25) is 11.8 Å². The maximum absolute atomic E-state index is 14.6. The van der Waals surface area contributed by atoms with Crippen molar-refractivity contribution in [2.75, 3.05) is 38.2 Å². The first-order valence-corrected chi connectivity index (χ1v) is 15.1. The monoisotopic (exact) mass is 573 g/mol. The van der Waals surface area contributed by atoms with Gasteiger partial charge in [0.1, 0.15) is 6.04 Å². The van der Waals surface area contributed by atoms with Crippen molar-refractivity contribution in [2.24, 2.45) is 17.8 Å². The van der Waals surface area contributed by atoms with E-state index in [4.69, 9.17) is 16.7 Å². The molecular weight excluding hydrogens is 534 g/mol. The number of anilines is 1. The van der Waals surface area contributed by atoms with Crippen molar-refractivity contribution in [3.63, 3.8) is 0 Å². The number of carbonyl (C=O) groups is 3. The van der Waals surface area contributed by atoms with E-state index in [1.807, 2.05) is 12.1 Å². The van der Waals surface area contributed by atoms with Crippen molar-refractivity contribution in [3.8, 4) is 0 Å². The number of aliphatic hydroxyl groups is 1. The quantitative estimate of drug-likeness (QED) is 0.280. The number of carbonyl (C=O) groups excluding carboxylic acids is 3. The highest BCUT2D eigenvalue weighted by molar-refractivity contribution is 8.02. The summed E-state index contributed by atoms with van der Waals surface area (Å²) in [5.41, 5.74) is 0.697. The van der Waals surface area contributed by atoms with Crippen LogP contribution in [0, 0.1) is 17.8 Å². The van der Waals surface area contributed by atoms with Gasteiger partial charge in [-0.15, -0.1) is 24.9 Å². The number of amides is 3. The lowest BCUT2D eigenvalue weighted by molar-refractivity contribution is -0.143. The van der Waals surface area contributed by atoms with Crippen molar-refractivity contribution in [1.29, 1.82) is 0 Å². The molecule has 1 aromatic rings. The zero-order valence-electron chi connectivity index (χ0n) is 22.9. The molecule has 1 N–H and O–H groups in total. The highest BCUT2D eigenvalue weighted by atomic mass is 35.5. The standard InChI is InChI=1S/C30H40ClN3O4S/c1-5-15-32(4)27(36)24-23-19-20(3)30(39-23)25(24)28(37)34(17-9-7-8-10-18-35)26(30)29(38)33(16-6-2)22-13-11-21(31)12-14-22/h5-6,11-14,20,23-26,35H,1-2,7-10,15-19H2,3-4H3/t20?,23-,24+,25+,26?,30?/m1/s1. The molecule has 212 valence electrons. The number of hydrogen-bond acceptors (Lipinski definition) is 5. The minimum Gasteiger partial charge on any atom is -0.396 e. The fourth-order valence-electron chi connectivity index (χ4n) is 6.83. The third kappa shape index (κ3) is 5.27. The van der Waals surface area contributed by atoms with Gasteiger partial charge in [0.05, 0.1) is 16.6 Å². The number of likely N-dealkylation sites (tertiary alicyclic amines) is 1. The van der Waals surface area contributed by atoms with E-state index in [0.717, 1.165) is 25.7 Å². The Morgan fingerprint density at radius 3 is 2.44 bits per heavy atom. The first-order chi connectivity index (χ1) is 18.7. The van der Waals surface area contributed by atoms with E-state index in [1.165, 1.54) is 0 Å². The molecule has 0 aromatic heterocycles. The highest BCUT2D eigenvalue weighted by Crippen LogP contribution is 2.69. The topological polar surface area (TPSA) is 81.2 Å². The van der Waals surface area contributed by atoms with Crippen molar-refractivity contribution in [1.82, 2.24) is 9.80 Å². The molecule has 3 aliphatic heterocycles. The van der Waals surface area contributed by atoms with E-state index < -0.39 is 22.6 Å². The number of unbranched alkanes of at least 4 members (excludes halogenated alkanes) is 3. The van der Waals surface area contributed by atoms with Crippen molar-refractivity contribution < 1.29 is 19.5 Å². The maximum atomic E-state index is 14.6. The number of benzene rings is 1. The molecule has 1 aromatic carbocycles. The average Bonchev–Trinajstić information content (AvgIpc) is 3.51. The van der Waals surface area contributed by atoms with Gasteiger partial charge >= 0.3 is 0 Å². The molecule has 0 aliphatic carbocycles. The van der Waals surface area contributed by atoms with Gasteiger partial charge in [-0.3, -0.25) is 14.4 Å². The van der Waals surface area contributed by atoms with Crippen LogP contribution in [-0.2, 0) is 14.4 Å². The van der Waals surface area contributed by atoms with Gasteiger partial charge in [-0.05, 0) is 49.4 Å². The van der Waals surface area contributed by atoms with Crippen LogP contribution in [0.4, 0.5) is 5.69 Å². The predicted octanol–water partition coefficient (Wildman–Crippen LogP) is 4.39. The Labute approximate surface area is 241 Å². The van der Waals surface area contributed by atoms with Crippen LogP contribution in [0.15, 0.2) is 49.6 Å². The van der Waals surface area contributed by atoms with E-state index in [-0.39, 0.29) is 35.5 Å². The summed E-state index contributed by atoms with van der Waals surface area (Å²) in [6.45, 7) is 11.1. The number of aliphatic hydroxyl groups excluding tert-OH is 1. The lowest BCUT2D eigenvalue weighted by Gasteiger charge is -2.41. The average molecular weight is 574 g/mol. The summed E-state index contributed by atoms with van der Waals surface area (Å²) in [5, 5.41) is 9.74. The summed E-state index contributed by atoms with van der Waals surface area (Å²) in [4.78, 5) is 47.7. The van der Waals surface area contributed by atoms with Crippen LogP contribution in [0.2, 0.25) is 5.02 Å². The Morgan fingerprint density at radius 2 is 1.79 bits per heavy atom. The molecule has 9 heteroatoms. The molecule has 3 saturated heterocycles. The second kappa shape index (κ2) is 12.5. The van der Waals surface area contributed by atoms with Crippen molar-refractivity contribution >= 4 is 46.8 Å². The smallest absolute Gasteiger partial charge is 0.251 e. The Bertz CT molecular complexity index is 1100. The van der Waals surface area contributed by atoms with Crippen molar-refractivity contribution in [3.05, 3.63) is 54.6 Å². The van der Waals surface area contributed by atoms with Gasteiger partial charge in [-0.25, -0.2) is 0 Å². The van der Waals surface area contributed by atoms with Crippen LogP contribution in [0.3, 0.4) is 0 Å². The Balaban J connectivity index is 1.74. The zero-order chi connectivity index (χ0) is 28.3. The molecule has 0 radical (unpaired) electrons. The van der Waals surface area contributed by atoms with Crippen molar-refractivity contribution in [2.45, 2.75) is 55.1 Å². The third-order valence-corrected chi connectivity index (χ3v) is 10.9. The molecule has 0 saturated carbocycles. The number of hydrogen-bond donors (Lipinski definition) is 1. The summed E-state index contributed by atoms with van der Waals surface area (Å²) < 4.78 is -0.675. The fourth-order valence-corrected chi connectivity index (χ4v) is 9.36. The number of rotatable bonds is 13.